The summed E-state index contributed by atoms with van der Waals surface area (Å²) >= 11 is 0. The van der Waals surface area contributed by atoms with Gasteiger partial charge in [0.05, 0.1) is 13.0 Å². The summed E-state index contributed by atoms with van der Waals surface area (Å²) in [7, 11) is 1.29. The van der Waals surface area contributed by atoms with Gasteiger partial charge in [-0.25, -0.2) is 4.39 Å². The standard InChI is InChI=1S/C7H12FNO2.ClH/c1-11-7(10)5-2-3-9-4-6(5)8;/h5-6,9H,2-4H2,1H3;1H/t5-,6-;/m0./s1. The molecule has 0 amide bonds. The van der Waals surface area contributed by atoms with E-state index in [4.69, 9.17) is 0 Å². The van der Waals surface area contributed by atoms with E-state index in [2.05, 4.69) is 10.1 Å². The van der Waals surface area contributed by atoms with E-state index in [9.17, 15) is 9.18 Å². The zero-order chi connectivity index (χ0) is 8.27. The molecule has 0 unspecified atom stereocenters. The van der Waals surface area contributed by atoms with Crippen LogP contribution in [0.4, 0.5) is 4.39 Å². The minimum Gasteiger partial charge on any atom is -0.469 e. The van der Waals surface area contributed by atoms with Gasteiger partial charge in [0.25, 0.3) is 0 Å². The minimum absolute atomic E-state index is 0. The summed E-state index contributed by atoms with van der Waals surface area (Å²) in [4.78, 5) is 10.9. The maximum absolute atomic E-state index is 12.9. The maximum atomic E-state index is 12.9. The first-order valence-corrected chi connectivity index (χ1v) is 3.68. The number of piperidine rings is 1. The lowest BCUT2D eigenvalue weighted by Crippen LogP contribution is -2.42. The molecule has 1 fully saturated rings. The molecule has 1 aliphatic rings. The highest BCUT2D eigenvalue weighted by Crippen LogP contribution is 2.16. The zero-order valence-corrected chi connectivity index (χ0v) is 7.70. The number of hydrogen-bond donors (Lipinski definition) is 1. The van der Waals surface area contributed by atoms with Crippen LogP contribution in [-0.2, 0) is 9.53 Å². The smallest absolute Gasteiger partial charge is 0.311 e. The third kappa shape index (κ3) is 2.60. The molecule has 0 spiro atoms. The quantitative estimate of drug-likeness (QED) is 0.624. The first-order chi connectivity index (χ1) is 5.25. The van der Waals surface area contributed by atoms with Crippen LogP contribution in [0, 0.1) is 5.92 Å². The van der Waals surface area contributed by atoms with Crippen molar-refractivity contribution in [3.63, 3.8) is 0 Å². The highest BCUT2D eigenvalue weighted by atomic mass is 35.5. The first-order valence-electron chi connectivity index (χ1n) is 3.68. The molecular formula is C7H13ClFNO2. The lowest BCUT2D eigenvalue weighted by atomic mass is 9.97. The van der Waals surface area contributed by atoms with Crippen molar-refractivity contribution >= 4 is 18.4 Å². The predicted molar refractivity (Wildman–Crippen MR) is 45.1 cm³/mol. The van der Waals surface area contributed by atoms with Gasteiger partial charge >= 0.3 is 5.97 Å². The van der Waals surface area contributed by atoms with Crippen molar-refractivity contribution in [1.82, 2.24) is 5.32 Å². The highest BCUT2D eigenvalue weighted by Gasteiger charge is 2.31. The molecule has 3 nitrogen and oxygen atoms in total. The second-order valence-electron chi connectivity index (χ2n) is 2.64. The molecule has 0 aromatic rings. The van der Waals surface area contributed by atoms with Crippen molar-refractivity contribution in [3.05, 3.63) is 0 Å². The molecule has 0 aliphatic carbocycles. The van der Waals surface area contributed by atoms with Crippen LogP contribution < -0.4 is 5.32 Å². The third-order valence-electron chi connectivity index (χ3n) is 1.91. The van der Waals surface area contributed by atoms with Crippen molar-refractivity contribution in [2.24, 2.45) is 5.92 Å². The van der Waals surface area contributed by atoms with E-state index in [0.29, 0.717) is 13.0 Å². The number of carbonyl (C=O) groups is 1. The summed E-state index contributed by atoms with van der Waals surface area (Å²) in [6.07, 6.45) is -0.551. The fraction of sp³-hybridized carbons (Fsp3) is 0.857. The Morgan fingerprint density at radius 1 is 1.67 bits per heavy atom. The van der Waals surface area contributed by atoms with Gasteiger partial charge in [0.2, 0.25) is 0 Å². The van der Waals surface area contributed by atoms with Gasteiger partial charge in [0.15, 0.2) is 0 Å². The van der Waals surface area contributed by atoms with Gasteiger partial charge in [-0.05, 0) is 13.0 Å². The molecule has 1 N–H and O–H groups in total. The Kier molecular flexibility index (Phi) is 5.17. The summed E-state index contributed by atoms with van der Waals surface area (Å²) in [5, 5.41) is 2.86. The molecule has 5 heteroatoms. The third-order valence-corrected chi connectivity index (χ3v) is 1.91. The number of carbonyl (C=O) groups excluding carboxylic acids is 1. The first kappa shape index (κ1) is 11.6. The Morgan fingerprint density at radius 3 is 2.83 bits per heavy atom. The van der Waals surface area contributed by atoms with Crippen LogP contribution in [0.5, 0.6) is 0 Å². The largest absolute Gasteiger partial charge is 0.469 e. The monoisotopic (exact) mass is 197 g/mol. The molecule has 1 saturated heterocycles. The number of hydrogen-bond acceptors (Lipinski definition) is 3. The summed E-state index contributed by atoms with van der Waals surface area (Å²) in [5.41, 5.74) is 0. The molecule has 0 radical (unpaired) electrons. The zero-order valence-electron chi connectivity index (χ0n) is 6.88. The number of rotatable bonds is 1. The van der Waals surface area contributed by atoms with E-state index in [1.165, 1.54) is 7.11 Å². The van der Waals surface area contributed by atoms with Crippen molar-refractivity contribution in [1.29, 1.82) is 0 Å². The molecule has 1 heterocycles. The van der Waals surface area contributed by atoms with E-state index in [-0.39, 0.29) is 19.0 Å². The second kappa shape index (κ2) is 5.32. The molecule has 0 aromatic carbocycles. The number of ether oxygens (including phenoxy) is 1. The van der Waals surface area contributed by atoms with Crippen LogP contribution in [0.2, 0.25) is 0 Å². The molecule has 12 heavy (non-hydrogen) atoms. The molecule has 1 rings (SSSR count). The Balaban J connectivity index is 0.00000121. The maximum Gasteiger partial charge on any atom is 0.311 e. The number of nitrogens with one attached hydrogen (secondary N) is 1. The average molecular weight is 198 g/mol. The number of esters is 1. The van der Waals surface area contributed by atoms with Gasteiger partial charge in [0.1, 0.15) is 6.17 Å². The lowest BCUT2D eigenvalue weighted by molar-refractivity contribution is -0.148. The Bertz CT molecular complexity index is 156. The van der Waals surface area contributed by atoms with Crippen LogP contribution in [0.15, 0.2) is 0 Å². The van der Waals surface area contributed by atoms with Gasteiger partial charge in [-0.3, -0.25) is 4.79 Å². The van der Waals surface area contributed by atoms with Gasteiger partial charge < -0.3 is 10.1 Å². The molecule has 1 aliphatic heterocycles. The SMILES string of the molecule is COC(=O)[C@H]1CCNC[C@@H]1F.Cl. The van der Waals surface area contributed by atoms with Crippen molar-refractivity contribution < 1.29 is 13.9 Å². The predicted octanol–water partition coefficient (Wildman–Crippen LogP) is 0.529. The molecule has 72 valence electrons. The van der Waals surface area contributed by atoms with Crippen molar-refractivity contribution in [2.45, 2.75) is 12.6 Å². The van der Waals surface area contributed by atoms with Crippen LogP contribution in [0.3, 0.4) is 0 Å². The molecule has 0 bridgehead atoms. The van der Waals surface area contributed by atoms with Crippen LogP contribution >= 0.6 is 12.4 Å². The van der Waals surface area contributed by atoms with Gasteiger partial charge in [-0.1, -0.05) is 0 Å². The fourth-order valence-electron chi connectivity index (χ4n) is 1.24. The summed E-state index contributed by atoms with van der Waals surface area (Å²) < 4.78 is 17.4. The Hall–Kier alpha value is -0.350. The average Bonchev–Trinajstić information content (AvgIpc) is 2.04. The normalized spacial score (nSPS) is 28.8. The van der Waals surface area contributed by atoms with Gasteiger partial charge in [-0.15, -0.1) is 12.4 Å². The van der Waals surface area contributed by atoms with E-state index >= 15 is 0 Å². The summed E-state index contributed by atoms with van der Waals surface area (Å²) in [5.74, 6) is -0.986. The highest BCUT2D eigenvalue weighted by molar-refractivity contribution is 5.85. The van der Waals surface area contributed by atoms with Crippen LogP contribution in [0.1, 0.15) is 6.42 Å². The Labute approximate surface area is 77.1 Å². The van der Waals surface area contributed by atoms with E-state index in [1.54, 1.807) is 0 Å². The van der Waals surface area contributed by atoms with Crippen molar-refractivity contribution in [3.8, 4) is 0 Å². The summed E-state index contributed by atoms with van der Waals surface area (Å²) in [6.45, 7) is 0.958. The molecule has 0 saturated carbocycles. The van der Waals surface area contributed by atoms with E-state index in [0.717, 1.165) is 0 Å². The minimum atomic E-state index is -1.09. The van der Waals surface area contributed by atoms with Crippen LogP contribution in [0.25, 0.3) is 0 Å². The van der Waals surface area contributed by atoms with Crippen LogP contribution in [-0.4, -0.2) is 32.3 Å². The summed E-state index contributed by atoms with van der Waals surface area (Å²) in [6, 6.07) is 0. The molecular weight excluding hydrogens is 185 g/mol. The number of alkyl halides is 1. The molecule has 0 aromatic heterocycles. The second-order valence-corrected chi connectivity index (χ2v) is 2.64. The van der Waals surface area contributed by atoms with Gasteiger partial charge in [0, 0.05) is 6.54 Å². The van der Waals surface area contributed by atoms with Gasteiger partial charge in [-0.2, -0.15) is 0 Å². The number of halogens is 2. The van der Waals surface area contributed by atoms with E-state index in [1.807, 2.05) is 0 Å². The topological polar surface area (TPSA) is 38.3 Å². The number of methoxy groups -OCH3 is 1. The Morgan fingerprint density at radius 2 is 2.33 bits per heavy atom. The molecule has 2 atom stereocenters. The van der Waals surface area contributed by atoms with E-state index < -0.39 is 18.1 Å². The lowest BCUT2D eigenvalue weighted by Gasteiger charge is -2.24. The van der Waals surface area contributed by atoms with Crippen molar-refractivity contribution in [2.75, 3.05) is 20.2 Å². The fourth-order valence-corrected chi connectivity index (χ4v) is 1.24.